The Morgan fingerprint density at radius 1 is 1.31 bits per heavy atom. The predicted molar refractivity (Wildman–Crippen MR) is 98.5 cm³/mol. The van der Waals surface area contributed by atoms with Gasteiger partial charge < -0.3 is 10.6 Å². The molecule has 1 aliphatic heterocycles. The predicted octanol–water partition coefficient (Wildman–Crippen LogP) is 2.15. The highest BCUT2D eigenvalue weighted by atomic mass is 16.2. The van der Waals surface area contributed by atoms with Gasteiger partial charge in [-0.2, -0.15) is 0 Å². The van der Waals surface area contributed by atoms with E-state index < -0.39 is 11.6 Å². The molecule has 0 unspecified atom stereocenters. The Labute approximate surface area is 154 Å². The van der Waals surface area contributed by atoms with E-state index in [1.165, 1.54) is 11.1 Å². The maximum Gasteiger partial charge on any atom is 0.325 e. The molecule has 6 heteroatoms. The number of rotatable bonds is 5. The quantitative estimate of drug-likeness (QED) is 0.793. The Bertz CT molecular complexity index is 718. The molecule has 4 amide bonds. The van der Waals surface area contributed by atoms with Crippen molar-refractivity contribution < 1.29 is 14.4 Å². The third-order valence-electron chi connectivity index (χ3n) is 5.78. The third-order valence-corrected chi connectivity index (χ3v) is 5.78. The second-order valence-electron chi connectivity index (χ2n) is 7.47. The molecular formula is C20H27N3O3. The molecule has 0 bridgehead atoms. The summed E-state index contributed by atoms with van der Waals surface area (Å²) < 4.78 is 0. The minimum Gasteiger partial charge on any atom is -0.354 e. The molecular weight excluding hydrogens is 330 g/mol. The number of nitrogens with zero attached hydrogens (tertiary/aromatic N) is 1. The molecule has 140 valence electrons. The fraction of sp³-hybridized carbons (Fsp3) is 0.550. The fourth-order valence-corrected chi connectivity index (χ4v) is 4.07. The van der Waals surface area contributed by atoms with Crippen LogP contribution in [0.15, 0.2) is 24.3 Å². The van der Waals surface area contributed by atoms with E-state index in [1.54, 1.807) is 0 Å². The number of urea groups is 1. The van der Waals surface area contributed by atoms with Gasteiger partial charge in [0.2, 0.25) is 5.91 Å². The number of carbonyl (C=O) groups excluding carboxylic acids is 3. The maximum atomic E-state index is 12.8. The zero-order chi connectivity index (χ0) is 18.7. The second-order valence-corrected chi connectivity index (χ2v) is 7.47. The van der Waals surface area contributed by atoms with Gasteiger partial charge in [0.05, 0.1) is 0 Å². The topological polar surface area (TPSA) is 78.5 Å². The van der Waals surface area contributed by atoms with Crippen molar-refractivity contribution >= 4 is 17.8 Å². The molecule has 2 N–H and O–H groups in total. The van der Waals surface area contributed by atoms with E-state index in [0.29, 0.717) is 13.0 Å². The molecule has 26 heavy (non-hydrogen) atoms. The van der Waals surface area contributed by atoms with Crippen molar-refractivity contribution in [1.29, 1.82) is 0 Å². The monoisotopic (exact) mass is 357 g/mol. The van der Waals surface area contributed by atoms with Crippen LogP contribution in [0.4, 0.5) is 4.79 Å². The van der Waals surface area contributed by atoms with Gasteiger partial charge in [-0.15, -0.1) is 0 Å². The second kappa shape index (κ2) is 7.48. The van der Waals surface area contributed by atoms with Crippen molar-refractivity contribution in [2.75, 3.05) is 13.1 Å². The first-order valence-electron chi connectivity index (χ1n) is 9.39. The standard InChI is InChI=1S/C20H27N3O3/c1-14-7-3-4-9-16(14)10-12-21-17(24)13-23-18(25)20(22-19(23)26)11-6-5-8-15(20)2/h3-4,7,9,15H,5-6,8,10-13H2,1-2H3,(H,21,24)(H,22,26)/t15-,20-/m0/s1. The Morgan fingerprint density at radius 3 is 2.81 bits per heavy atom. The van der Waals surface area contributed by atoms with Crippen LogP contribution < -0.4 is 10.6 Å². The highest BCUT2D eigenvalue weighted by Crippen LogP contribution is 2.38. The number of aryl methyl sites for hydroxylation is 1. The molecule has 1 saturated heterocycles. The first-order chi connectivity index (χ1) is 12.4. The highest BCUT2D eigenvalue weighted by molar-refractivity contribution is 6.09. The van der Waals surface area contributed by atoms with Gasteiger partial charge in [0.1, 0.15) is 12.1 Å². The van der Waals surface area contributed by atoms with Gasteiger partial charge in [-0.05, 0) is 43.2 Å². The normalized spacial score (nSPS) is 25.5. The zero-order valence-electron chi connectivity index (χ0n) is 15.5. The Morgan fingerprint density at radius 2 is 2.08 bits per heavy atom. The van der Waals surface area contributed by atoms with E-state index in [0.717, 1.165) is 30.6 Å². The average molecular weight is 357 g/mol. The van der Waals surface area contributed by atoms with E-state index in [-0.39, 0.29) is 24.3 Å². The summed E-state index contributed by atoms with van der Waals surface area (Å²) in [6.07, 6.45) is 4.30. The molecule has 6 nitrogen and oxygen atoms in total. The van der Waals surface area contributed by atoms with E-state index in [4.69, 9.17) is 0 Å². The lowest BCUT2D eigenvalue weighted by Gasteiger charge is -2.36. The van der Waals surface area contributed by atoms with Gasteiger partial charge in [0.15, 0.2) is 0 Å². The smallest absolute Gasteiger partial charge is 0.325 e. The summed E-state index contributed by atoms with van der Waals surface area (Å²) in [4.78, 5) is 38.4. The van der Waals surface area contributed by atoms with Crippen LogP contribution in [0, 0.1) is 12.8 Å². The summed E-state index contributed by atoms with van der Waals surface area (Å²) in [6, 6.07) is 7.58. The number of hydrogen-bond acceptors (Lipinski definition) is 3. The average Bonchev–Trinajstić information content (AvgIpc) is 2.84. The number of imide groups is 1. The van der Waals surface area contributed by atoms with Crippen LogP contribution in [0.1, 0.15) is 43.7 Å². The van der Waals surface area contributed by atoms with Crippen molar-refractivity contribution in [3.63, 3.8) is 0 Å². The van der Waals surface area contributed by atoms with Crippen LogP contribution in [-0.4, -0.2) is 41.4 Å². The molecule has 2 aliphatic rings. The molecule has 1 aromatic carbocycles. The summed E-state index contributed by atoms with van der Waals surface area (Å²) in [5.74, 6) is -0.451. The third kappa shape index (κ3) is 3.45. The molecule has 1 saturated carbocycles. The SMILES string of the molecule is Cc1ccccc1CCNC(=O)CN1C(=O)N[C@]2(CCCC[C@@H]2C)C1=O. The van der Waals surface area contributed by atoms with E-state index in [1.807, 2.05) is 38.1 Å². The lowest BCUT2D eigenvalue weighted by Crippen LogP contribution is -2.54. The number of amides is 4. The Hall–Kier alpha value is -2.37. The van der Waals surface area contributed by atoms with Crippen molar-refractivity contribution in [2.24, 2.45) is 5.92 Å². The lowest BCUT2D eigenvalue weighted by molar-refractivity contribution is -0.137. The Balaban J connectivity index is 1.55. The summed E-state index contributed by atoms with van der Waals surface area (Å²) in [5.41, 5.74) is 1.55. The number of benzene rings is 1. The van der Waals surface area contributed by atoms with Crippen LogP contribution in [0.2, 0.25) is 0 Å². The van der Waals surface area contributed by atoms with Crippen molar-refractivity contribution in [3.8, 4) is 0 Å². The molecule has 1 spiro atoms. The molecule has 3 rings (SSSR count). The van der Waals surface area contributed by atoms with Crippen molar-refractivity contribution in [3.05, 3.63) is 35.4 Å². The van der Waals surface area contributed by atoms with E-state index in [2.05, 4.69) is 10.6 Å². The molecule has 1 aromatic rings. The fourth-order valence-electron chi connectivity index (χ4n) is 4.07. The van der Waals surface area contributed by atoms with Crippen molar-refractivity contribution in [2.45, 2.75) is 51.5 Å². The number of hydrogen-bond donors (Lipinski definition) is 2. The highest BCUT2D eigenvalue weighted by Gasteiger charge is 2.55. The van der Waals surface area contributed by atoms with Gasteiger partial charge in [-0.25, -0.2) is 4.79 Å². The minimum absolute atomic E-state index is 0.0989. The lowest BCUT2D eigenvalue weighted by atomic mass is 9.73. The molecule has 1 aliphatic carbocycles. The van der Waals surface area contributed by atoms with Gasteiger partial charge in [-0.3, -0.25) is 14.5 Å². The summed E-state index contributed by atoms with van der Waals surface area (Å²) >= 11 is 0. The van der Waals surface area contributed by atoms with Crippen LogP contribution in [0.5, 0.6) is 0 Å². The van der Waals surface area contributed by atoms with E-state index >= 15 is 0 Å². The first-order valence-corrected chi connectivity index (χ1v) is 9.39. The summed E-state index contributed by atoms with van der Waals surface area (Å²) in [7, 11) is 0. The summed E-state index contributed by atoms with van der Waals surface area (Å²) in [5, 5.41) is 5.69. The molecule has 2 fully saturated rings. The van der Waals surface area contributed by atoms with Gasteiger partial charge in [0, 0.05) is 6.54 Å². The minimum atomic E-state index is -0.809. The van der Waals surface area contributed by atoms with Crippen LogP contribution in [-0.2, 0) is 16.0 Å². The molecule has 2 atom stereocenters. The molecule has 0 radical (unpaired) electrons. The Kier molecular flexibility index (Phi) is 5.30. The zero-order valence-corrected chi connectivity index (χ0v) is 15.5. The summed E-state index contributed by atoms with van der Waals surface area (Å²) in [6.45, 7) is 4.31. The van der Waals surface area contributed by atoms with Crippen LogP contribution >= 0.6 is 0 Å². The van der Waals surface area contributed by atoms with Crippen LogP contribution in [0.25, 0.3) is 0 Å². The van der Waals surface area contributed by atoms with Gasteiger partial charge in [0.25, 0.3) is 5.91 Å². The van der Waals surface area contributed by atoms with Gasteiger partial charge in [-0.1, -0.05) is 44.0 Å². The van der Waals surface area contributed by atoms with Gasteiger partial charge >= 0.3 is 6.03 Å². The first kappa shape index (κ1) is 18.4. The maximum absolute atomic E-state index is 12.8. The van der Waals surface area contributed by atoms with Crippen LogP contribution in [0.3, 0.4) is 0 Å². The number of nitrogens with one attached hydrogen (secondary N) is 2. The largest absolute Gasteiger partial charge is 0.354 e. The van der Waals surface area contributed by atoms with Crippen molar-refractivity contribution in [1.82, 2.24) is 15.5 Å². The molecule has 0 aromatic heterocycles. The number of carbonyl (C=O) groups is 3. The molecule has 1 heterocycles. The van der Waals surface area contributed by atoms with E-state index in [9.17, 15) is 14.4 Å².